The predicted octanol–water partition coefficient (Wildman–Crippen LogP) is 5.76. The van der Waals surface area contributed by atoms with Crippen molar-refractivity contribution in [3.05, 3.63) is 133 Å². The van der Waals surface area contributed by atoms with E-state index in [0.29, 0.717) is 0 Å². The van der Waals surface area contributed by atoms with Gasteiger partial charge >= 0.3 is 29.1 Å². The summed E-state index contributed by atoms with van der Waals surface area (Å²) in [4.78, 5) is 38.6. The van der Waals surface area contributed by atoms with Gasteiger partial charge in [-0.3, -0.25) is 29.5 Å². The first-order valence-corrected chi connectivity index (χ1v) is 13.6. The van der Waals surface area contributed by atoms with Gasteiger partial charge in [0.25, 0.3) is 11.6 Å². The molecular weight excluding hydrogens is 701 g/mol. The van der Waals surface area contributed by atoms with E-state index < -0.39 is 35.4 Å². The Morgan fingerprint density at radius 2 is 0.796 bits per heavy atom. The van der Waals surface area contributed by atoms with Crippen LogP contribution in [0, 0.1) is 0 Å². The van der Waals surface area contributed by atoms with Crippen molar-refractivity contribution in [1.82, 2.24) is 19.9 Å². The molecule has 0 saturated carbocycles. The second-order valence-corrected chi connectivity index (χ2v) is 9.53. The number of halogens is 6. The van der Waals surface area contributed by atoms with Gasteiger partial charge in [0.1, 0.15) is 0 Å². The number of pyridine rings is 2. The Labute approximate surface area is 283 Å². The van der Waals surface area contributed by atoms with E-state index in [9.17, 15) is 46.1 Å². The molecule has 49 heavy (non-hydrogen) atoms. The van der Waals surface area contributed by atoms with Crippen LogP contribution >= 0.6 is 0 Å². The summed E-state index contributed by atoms with van der Waals surface area (Å²) in [6.45, 7) is 0. The molecule has 0 spiro atoms. The Hall–Kier alpha value is -5.67. The zero-order chi connectivity index (χ0) is 34.9. The summed E-state index contributed by atoms with van der Waals surface area (Å²) < 4.78 is 70.8. The van der Waals surface area contributed by atoms with Crippen molar-refractivity contribution in [2.45, 2.75) is 12.4 Å². The summed E-state index contributed by atoms with van der Waals surface area (Å²) in [6.07, 6.45) is -2.93. The number of fused-ring (bicyclic) bond motifs is 6. The SMILES string of the molecule is O=C(/C=C(\[O-])c1ccccc1)C(F)(F)F.O=C(/C=C(\[O-])c1ccccc1)C(F)(F)F.[Co+2].c1cnc2c(c1)c1nccnc1c1cccnc12. The minimum Gasteiger partial charge on any atom is -0.872 e. The van der Waals surface area contributed by atoms with Crippen LogP contribution in [-0.2, 0) is 26.4 Å². The summed E-state index contributed by atoms with van der Waals surface area (Å²) >= 11 is 0. The standard InChI is InChI=1S/C14H8N4.2C10H7F3O2.Co/c1-3-9-11(15-5-1)12-10(4-2-6-16-12)14-13(9)17-7-8-18-14;2*11-10(12,13)9(15)6-8(14)7-4-2-1-3-5-7;/h1-8H;2*1-6,14H;/q;;;+2/p-2/b;2*8-6-;. The van der Waals surface area contributed by atoms with E-state index in [-0.39, 0.29) is 40.1 Å². The van der Waals surface area contributed by atoms with Crippen molar-refractivity contribution >= 4 is 55.9 Å². The van der Waals surface area contributed by atoms with E-state index in [1.165, 1.54) is 48.5 Å². The van der Waals surface area contributed by atoms with Gasteiger partial charge in [0.2, 0.25) is 0 Å². The molecule has 251 valence electrons. The van der Waals surface area contributed by atoms with E-state index in [2.05, 4.69) is 19.9 Å². The second-order valence-electron chi connectivity index (χ2n) is 9.53. The molecule has 3 aromatic carbocycles. The van der Waals surface area contributed by atoms with Gasteiger partial charge in [-0.25, -0.2) is 0 Å². The molecule has 3 aromatic heterocycles. The minimum absolute atomic E-state index is 0. The first-order valence-electron chi connectivity index (χ1n) is 13.6. The van der Waals surface area contributed by atoms with Crippen LogP contribution in [0.25, 0.3) is 44.4 Å². The summed E-state index contributed by atoms with van der Waals surface area (Å²) in [5, 5.41) is 24.2. The number of rotatable bonds is 4. The van der Waals surface area contributed by atoms with Crippen molar-refractivity contribution in [1.29, 1.82) is 0 Å². The summed E-state index contributed by atoms with van der Waals surface area (Å²) in [6, 6.07) is 22.4. The maximum absolute atomic E-state index is 11.8. The second kappa shape index (κ2) is 16.4. The predicted molar refractivity (Wildman–Crippen MR) is 161 cm³/mol. The fourth-order valence-electron chi connectivity index (χ4n) is 4.08. The molecule has 0 atom stereocenters. The maximum atomic E-state index is 11.8. The molecule has 0 amide bonds. The molecule has 15 heteroatoms. The van der Waals surface area contributed by atoms with E-state index in [0.717, 1.165) is 32.8 Å². The third kappa shape index (κ3) is 9.91. The fourth-order valence-corrected chi connectivity index (χ4v) is 4.08. The van der Waals surface area contributed by atoms with Gasteiger partial charge < -0.3 is 10.2 Å². The molecule has 6 aromatic rings. The van der Waals surface area contributed by atoms with Gasteiger partial charge in [0, 0.05) is 35.6 Å². The number of allylic oxidation sites excluding steroid dienone is 2. The Morgan fingerprint density at radius 1 is 0.490 bits per heavy atom. The number of hydrogen-bond acceptors (Lipinski definition) is 8. The number of carbonyl (C=O) groups is 2. The fraction of sp³-hybridized carbons (Fsp3) is 0.0588. The van der Waals surface area contributed by atoms with Crippen LogP contribution in [-0.4, -0.2) is 43.9 Å². The van der Waals surface area contributed by atoms with Gasteiger partial charge in [0.15, 0.2) is 0 Å². The molecule has 0 aliphatic carbocycles. The molecule has 0 saturated heterocycles. The van der Waals surface area contributed by atoms with Crippen molar-refractivity contribution in [3.8, 4) is 0 Å². The van der Waals surface area contributed by atoms with Gasteiger partial charge in [0.05, 0.1) is 22.1 Å². The number of carbonyl (C=O) groups excluding carboxylic acids is 2. The molecule has 0 aliphatic rings. The van der Waals surface area contributed by atoms with Gasteiger partial charge in [-0.05, 0) is 47.5 Å². The molecular formula is C34H20CoF6N4O4. The van der Waals surface area contributed by atoms with Gasteiger partial charge in [-0.2, -0.15) is 26.3 Å². The Morgan fingerprint density at radius 3 is 1.10 bits per heavy atom. The number of alkyl halides is 6. The van der Waals surface area contributed by atoms with Crippen LogP contribution in [0.4, 0.5) is 26.3 Å². The van der Waals surface area contributed by atoms with Crippen molar-refractivity contribution in [3.63, 3.8) is 0 Å². The zero-order valence-electron chi connectivity index (χ0n) is 24.6. The van der Waals surface area contributed by atoms with Crippen LogP contribution < -0.4 is 10.2 Å². The monoisotopic (exact) mass is 721 g/mol. The van der Waals surface area contributed by atoms with Crippen molar-refractivity contribution < 1.29 is 62.9 Å². The molecule has 0 bridgehead atoms. The molecule has 8 nitrogen and oxygen atoms in total. The summed E-state index contributed by atoms with van der Waals surface area (Å²) in [5.41, 5.74) is 3.61. The number of nitrogens with zero attached hydrogens (tertiary/aromatic N) is 4. The van der Waals surface area contributed by atoms with Crippen molar-refractivity contribution in [2.24, 2.45) is 0 Å². The molecule has 0 N–H and O–H groups in total. The van der Waals surface area contributed by atoms with E-state index in [1.807, 2.05) is 24.3 Å². The van der Waals surface area contributed by atoms with Crippen LogP contribution in [0.3, 0.4) is 0 Å². The first kappa shape index (κ1) is 37.8. The van der Waals surface area contributed by atoms with Gasteiger partial charge in [-0.15, -0.1) is 0 Å². The quantitative estimate of drug-likeness (QED) is 0.0972. The van der Waals surface area contributed by atoms with Crippen LogP contribution in [0.2, 0.25) is 0 Å². The topological polar surface area (TPSA) is 132 Å². The average molecular weight is 721 g/mol. The Bertz CT molecular complexity index is 1830. The molecule has 6 rings (SSSR count). The minimum atomic E-state index is -5.00. The number of ketones is 2. The number of hydrogen-bond donors (Lipinski definition) is 0. The van der Waals surface area contributed by atoms with Crippen LogP contribution in [0.5, 0.6) is 0 Å². The van der Waals surface area contributed by atoms with E-state index >= 15 is 0 Å². The third-order valence-electron chi connectivity index (χ3n) is 6.25. The smallest absolute Gasteiger partial charge is 0.872 e. The molecule has 0 unspecified atom stereocenters. The Balaban J connectivity index is 0.000000199. The number of benzene rings is 3. The molecule has 3 heterocycles. The molecule has 1 radical (unpaired) electrons. The normalized spacial score (nSPS) is 11.9. The number of aromatic nitrogens is 4. The van der Waals surface area contributed by atoms with E-state index in [1.54, 1.807) is 36.9 Å². The average Bonchev–Trinajstić information content (AvgIpc) is 3.09. The largest absolute Gasteiger partial charge is 2.00 e. The summed E-state index contributed by atoms with van der Waals surface area (Å²) in [7, 11) is 0. The first-order chi connectivity index (χ1) is 22.8. The van der Waals surface area contributed by atoms with Crippen molar-refractivity contribution in [2.75, 3.05) is 0 Å². The van der Waals surface area contributed by atoms with E-state index in [4.69, 9.17) is 0 Å². The third-order valence-corrected chi connectivity index (χ3v) is 6.25. The Kier molecular flexibility index (Phi) is 12.7. The zero-order valence-corrected chi connectivity index (χ0v) is 25.6. The van der Waals surface area contributed by atoms with Crippen LogP contribution in [0.15, 0.2) is 122 Å². The molecule has 0 fully saturated rings. The summed E-state index contributed by atoms with van der Waals surface area (Å²) in [5.74, 6) is -6.18. The molecule has 0 aliphatic heterocycles. The van der Waals surface area contributed by atoms with Gasteiger partial charge in [-0.1, -0.05) is 72.2 Å². The maximum Gasteiger partial charge on any atom is 2.00 e. The van der Waals surface area contributed by atoms with Crippen LogP contribution in [0.1, 0.15) is 11.1 Å².